The highest BCUT2D eigenvalue weighted by Crippen LogP contribution is 2.18. The zero-order valence-corrected chi connectivity index (χ0v) is 22.6. The number of halogens is 1. The van der Waals surface area contributed by atoms with Crippen molar-refractivity contribution in [2.75, 3.05) is 18.5 Å². The van der Waals surface area contributed by atoms with Gasteiger partial charge in [0.05, 0.1) is 25.8 Å². The smallest absolute Gasteiger partial charge is 0.239 e. The molecule has 0 atom stereocenters. The zero-order chi connectivity index (χ0) is 23.6. The number of aromatic nitrogens is 1. The number of nitrogens with zero attached hydrogens (tertiary/aromatic N) is 2. The van der Waals surface area contributed by atoms with E-state index < -0.39 is 0 Å². The number of benzene rings is 1. The molecule has 1 aromatic carbocycles. The summed E-state index contributed by atoms with van der Waals surface area (Å²) in [4.78, 5) is 21.2. The monoisotopic (exact) mass is 569 g/mol. The Morgan fingerprint density at radius 1 is 1.15 bits per heavy atom. The summed E-state index contributed by atoms with van der Waals surface area (Å²) < 4.78 is 11.3. The summed E-state index contributed by atoms with van der Waals surface area (Å²) in [5.74, 6) is 1.69. The summed E-state index contributed by atoms with van der Waals surface area (Å²) in [6, 6.07) is 11.3. The maximum Gasteiger partial charge on any atom is 0.239 e. The van der Waals surface area contributed by atoms with Crippen molar-refractivity contribution in [3.05, 3.63) is 48.2 Å². The van der Waals surface area contributed by atoms with Gasteiger partial charge in [-0.25, -0.2) is 9.98 Å². The first-order valence-electron chi connectivity index (χ1n) is 10.9. The molecule has 2 aromatic rings. The molecule has 0 unspecified atom stereocenters. The summed E-state index contributed by atoms with van der Waals surface area (Å²) >= 11 is 0. The van der Waals surface area contributed by atoms with Crippen molar-refractivity contribution in [1.29, 1.82) is 0 Å². The number of amides is 1. The van der Waals surface area contributed by atoms with Crippen LogP contribution < -0.4 is 25.4 Å². The van der Waals surface area contributed by atoms with Gasteiger partial charge in [0.2, 0.25) is 11.8 Å². The molecule has 0 spiro atoms. The number of ether oxygens (including phenoxy) is 2. The third-order valence-corrected chi connectivity index (χ3v) is 3.96. The van der Waals surface area contributed by atoms with Gasteiger partial charge >= 0.3 is 0 Å². The first kappa shape index (κ1) is 28.5. The van der Waals surface area contributed by atoms with Gasteiger partial charge in [0, 0.05) is 23.0 Å². The molecular weight excluding hydrogens is 533 g/mol. The van der Waals surface area contributed by atoms with Crippen LogP contribution in [0.2, 0.25) is 0 Å². The van der Waals surface area contributed by atoms with Crippen LogP contribution in [-0.2, 0) is 11.3 Å². The van der Waals surface area contributed by atoms with Crippen LogP contribution in [0.5, 0.6) is 11.6 Å². The Labute approximate surface area is 214 Å². The summed E-state index contributed by atoms with van der Waals surface area (Å²) in [6.45, 7) is 12.7. The maximum atomic E-state index is 12.3. The lowest BCUT2D eigenvalue weighted by atomic mass is 10.1. The van der Waals surface area contributed by atoms with Crippen molar-refractivity contribution in [2.45, 2.75) is 59.7 Å². The molecule has 2 rings (SSSR count). The molecule has 9 heteroatoms. The van der Waals surface area contributed by atoms with Gasteiger partial charge in [0.1, 0.15) is 5.75 Å². The van der Waals surface area contributed by atoms with Crippen LogP contribution in [0.3, 0.4) is 0 Å². The Morgan fingerprint density at radius 2 is 1.85 bits per heavy atom. The third-order valence-electron chi connectivity index (χ3n) is 3.96. The molecule has 0 radical (unpaired) electrons. The number of carbonyl (C=O) groups is 1. The quantitative estimate of drug-likeness (QED) is 0.236. The average molecular weight is 569 g/mol. The largest absolute Gasteiger partial charge is 0.491 e. The van der Waals surface area contributed by atoms with Gasteiger partial charge in [-0.15, -0.1) is 24.0 Å². The molecule has 1 amide bonds. The Bertz CT molecular complexity index is 896. The number of guanidine groups is 1. The number of carbonyl (C=O) groups excluding carboxylic acids is 1. The second kappa shape index (κ2) is 13.9. The van der Waals surface area contributed by atoms with Gasteiger partial charge in [-0.05, 0) is 71.9 Å². The molecule has 0 fully saturated rings. The zero-order valence-electron chi connectivity index (χ0n) is 20.3. The number of hydrogen-bond donors (Lipinski definition) is 3. The number of anilines is 1. The minimum Gasteiger partial charge on any atom is -0.491 e. The fourth-order valence-electron chi connectivity index (χ4n) is 2.77. The molecule has 0 aliphatic rings. The second-order valence-corrected chi connectivity index (χ2v) is 8.53. The predicted octanol–water partition coefficient (Wildman–Crippen LogP) is 4.36. The average Bonchev–Trinajstić information content (AvgIpc) is 2.71. The van der Waals surface area contributed by atoms with Crippen molar-refractivity contribution in [3.63, 3.8) is 0 Å². The van der Waals surface area contributed by atoms with E-state index in [9.17, 15) is 4.79 Å². The molecular formula is C24H36IN5O3. The summed E-state index contributed by atoms with van der Waals surface area (Å²) in [5, 5.41) is 9.27. The highest BCUT2D eigenvalue weighted by Gasteiger charge is 2.14. The normalized spacial score (nSPS) is 11.4. The maximum absolute atomic E-state index is 12.3. The summed E-state index contributed by atoms with van der Waals surface area (Å²) in [6.07, 6.45) is 1.79. The minimum absolute atomic E-state index is 0. The van der Waals surface area contributed by atoms with Crippen LogP contribution in [0.4, 0.5) is 5.69 Å². The molecule has 0 saturated heterocycles. The lowest BCUT2D eigenvalue weighted by Gasteiger charge is -2.21. The first-order chi connectivity index (χ1) is 15.2. The number of rotatable bonds is 9. The second-order valence-electron chi connectivity index (χ2n) is 8.53. The lowest BCUT2D eigenvalue weighted by Crippen LogP contribution is -2.46. The van der Waals surface area contributed by atoms with Gasteiger partial charge in [-0.2, -0.15) is 0 Å². The summed E-state index contributed by atoms with van der Waals surface area (Å²) in [5.41, 5.74) is 1.37. The fourth-order valence-corrected chi connectivity index (χ4v) is 2.77. The molecule has 0 saturated carbocycles. The van der Waals surface area contributed by atoms with Crippen LogP contribution >= 0.6 is 24.0 Å². The molecule has 0 bridgehead atoms. The highest BCUT2D eigenvalue weighted by atomic mass is 127. The van der Waals surface area contributed by atoms with Gasteiger partial charge < -0.3 is 25.4 Å². The number of pyridine rings is 1. The molecule has 0 aliphatic heterocycles. The third kappa shape index (κ3) is 11.2. The van der Waals surface area contributed by atoms with Crippen LogP contribution in [0.1, 0.15) is 47.1 Å². The standard InChI is InChI=1S/C24H35N5O3.HI/c1-7-31-22-18(9-8-14-25-22)15-26-23(27-16-21(30)29-24(4,5)6)28-19-10-12-20(13-11-19)32-17(2)3;/h8-14,17H,7,15-16H2,1-6H3,(H,29,30)(H2,26,27,28);1H. The van der Waals surface area contributed by atoms with Crippen molar-refractivity contribution >= 4 is 41.5 Å². The first-order valence-corrected chi connectivity index (χ1v) is 10.9. The number of hydrogen-bond acceptors (Lipinski definition) is 5. The number of aliphatic imine (C=N–C) groups is 1. The van der Waals surface area contributed by atoms with E-state index in [0.29, 0.717) is 25.0 Å². The molecule has 182 valence electrons. The van der Waals surface area contributed by atoms with Crippen molar-refractivity contribution < 1.29 is 14.3 Å². The Hall–Kier alpha value is -2.56. The van der Waals surface area contributed by atoms with E-state index in [-0.39, 0.29) is 48.1 Å². The predicted molar refractivity (Wildman–Crippen MR) is 144 cm³/mol. The molecule has 1 aromatic heterocycles. The van der Waals surface area contributed by atoms with E-state index in [1.54, 1.807) is 6.20 Å². The lowest BCUT2D eigenvalue weighted by molar-refractivity contribution is -0.121. The summed E-state index contributed by atoms with van der Waals surface area (Å²) in [7, 11) is 0. The minimum atomic E-state index is -0.308. The molecule has 3 N–H and O–H groups in total. The van der Waals surface area contributed by atoms with Crippen LogP contribution in [0.15, 0.2) is 47.6 Å². The molecule has 1 heterocycles. The van der Waals surface area contributed by atoms with E-state index in [4.69, 9.17) is 9.47 Å². The molecule has 8 nitrogen and oxygen atoms in total. The van der Waals surface area contributed by atoms with E-state index in [0.717, 1.165) is 17.0 Å². The van der Waals surface area contributed by atoms with E-state index in [1.807, 2.05) is 77.9 Å². The Morgan fingerprint density at radius 3 is 2.45 bits per heavy atom. The van der Waals surface area contributed by atoms with Gasteiger partial charge in [0.15, 0.2) is 5.96 Å². The topological polar surface area (TPSA) is 96.9 Å². The number of nitrogens with one attached hydrogen (secondary N) is 3. The van der Waals surface area contributed by atoms with Gasteiger partial charge in [-0.3, -0.25) is 4.79 Å². The van der Waals surface area contributed by atoms with Crippen molar-refractivity contribution in [1.82, 2.24) is 15.6 Å². The van der Waals surface area contributed by atoms with Crippen LogP contribution in [0.25, 0.3) is 0 Å². The van der Waals surface area contributed by atoms with Crippen LogP contribution in [0, 0.1) is 0 Å². The SMILES string of the molecule is CCOc1ncccc1CN=C(NCC(=O)NC(C)(C)C)Nc1ccc(OC(C)C)cc1.I. The highest BCUT2D eigenvalue weighted by molar-refractivity contribution is 14.0. The van der Waals surface area contributed by atoms with Gasteiger partial charge in [0.25, 0.3) is 0 Å². The van der Waals surface area contributed by atoms with E-state index in [2.05, 4.69) is 25.9 Å². The van der Waals surface area contributed by atoms with Gasteiger partial charge in [-0.1, -0.05) is 6.07 Å². The molecule has 33 heavy (non-hydrogen) atoms. The van der Waals surface area contributed by atoms with E-state index in [1.165, 1.54) is 0 Å². The molecule has 0 aliphatic carbocycles. The van der Waals surface area contributed by atoms with E-state index >= 15 is 0 Å². The van der Waals surface area contributed by atoms with Crippen molar-refractivity contribution in [2.24, 2.45) is 4.99 Å². The Balaban J connectivity index is 0.00000544. The fraction of sp³-hybridized carbons (Fsp3) is 0.458. The Kier molecular flexibility index (Phi) is 12.0. The van der Waals surface area contributed by atoms with Crippen molar-refractivity contribution in [3.8, 4) is 11.6 Å². The van der Waals surface area contributed by atoms with Crippen LogP contribution in [-0.4, -0.2) is 41.6 Å².